The molecule has 0 aliphatic heterocycles. The van der Waals surface area contributed by atoms with Crippen molar-refractivity contribution in [3.63, 3.8) is 0 Å². The first-order valence-corrected chi connectivity index (χ1v) is 7.60. The van der Waals surface area contributed by atoms with Crippen LogP contribution in [0.4, 0.5) is 0 Å². The molecule has 0 fully saturated rings. The quantitative estimate of drug-likeness (QED) is 0.849. The molecule has 2 nitrogen and oxygen atoms in total. The number of aryl methyl sites for hydroxylation is 2. The average Bonchev–Trinajstić information content (AvgIpc) is 2.47. The van der Waals surface area contributed by atoms with Crippen molar-refractivity contribution in [2.24, 2.45) is 0 Å². The normalized spacial score (nSPS) is 13.9. The molecular formula is C19H25NO. The van der Waals surface area contributed by atoms with Crippen LogP contribution in [0.1, 0.15) is 35.3 Å². The van der Waals surface area contributed by atoms with E-state index in [1.165, 1.54) is 11.1 Å². The van der Waals surface area contributed by atoms with E-state index in [4.69, 9.17) is 0 Å². The van der Waals surface area contributed by atoms with E-state index in [0.717, 1.165) is 24.1 Å². The minimum absolute atomic E-state index is 0.0371. The van der Waals surface area contributed by atoms with Crippen molar-refractivity contribution in [3.8, 4) is 0 Å². The van der Waals surface area contributed by atoms with Crippen LogP contribution in [0, 0.1) is 13.8 Å². The molecule has 0 aliphatic carbocycles. The summed E-state index contributed by atoms with van der Waals surface area (Å²) in [6.45, 7) is 7.04. The molecule has 0 saturated heterocycles. The van der Waals surface area contributed by atoms with E-state index in [2.05, 4.69) is 55.6 Å². The van der Waals surface area contributed by atoms with Gasteiger partial charge >= 0.3 is 0 Å². The molecule has 2 atom stereocenters. The molecule has 0 aliphatic rings. The maximum absolute atomic E-state index is 10.5. The molecule has 0 spiro atoms. The fraction of sp³-hybridized carbons (Fsp3) is 0.368. The lowest BCUT2D eigenvalue weighted by Gasteiger charge is -2.22. The molecule has 0 heterocycles. The monoisotopic (exact) mass is 283 g/mol. The van der Waals surface area contributed by atoms with Crippen LogP contribution < -0.4 is 5.32 Å². The van der Waals surface area contributed by atoms with Crippen LogP contribution in [-0.2, 0) is 6.42 Å². The van der Waals surface area contributed by atoms with Crippen LogP contribution in [0.5, 0.6) is 0 Å². The van der Waals surface area contributed by atoms with Gasteiger partial charge in [-0.3, -0.25) is 0 Å². The van der Waals surface area contributed by atoms with Gasteiger partial charge in [0.05, 0.1) is 6.10 Å². The highest BCUT2D eigenvalue weighted by Crippen LogP contribution is 2.21. The molecule has 21 heavy (non-hydrogen) atoms. The minimum Gasteiger partial charge on any atom is -0.387 e. The van der Waals surface area contributed by atoms with Gasteiger partial charge in [-0.05, 0) is 50.4 Å². The van der Waals surface area contributed by atoms with Crippen LogP contribution in [0.3, 0.4) is 0 Å². The van der Waals surface area contributed by atoms with E-state index in [0.29, 0.717) is 0 Å². The SMILES string of the molecule is Cc1ccc(C(O)C(C)NCCc2ccccc2)c(C)c1. The van der Waals surface area contributed by atoms with Crippen molar-refractivity contribution in [2.45, 2.75) is 39.3 Å². The number of rotatable bonds is 6. The Morgan fingerprint density at radius 3 is 2.43 bits per heavy atom. The summed E-state index contributed by atoms with van der Waals surface area (Å²) in [5.41, 5.74) is 4.71. The first kappa shape index (κ1) is 15.7. The molecule has 112 valence electrons. The van der Waals surface area contributed by atoms with Gasteiger partial charge in [-0.25, -0.2) is 0 Å². The highest BCUT2D eigenvalue weighted by Gasteiger charge is 2.17. The second-order valence-electron chi connectivity index (χ2n) is 5.78. The summed E-state index contributed by atoms with van der Waals surface area (Å²) in [5.74, 6) is 0. The first-order chi connectivity index (χ1) is 10.1. The van der Waals surface area contributed by atoms with Crippen molar-refractivity contribution >= 4 is 0 Å². The first-order valence-electron chi connectivity index (χ1n) is 7.60. The zero-order valence-electron chi connectivity index (χ0n) is 13.1. The van der Waals surface area contributed by atoms with Gasteiger partial charge in [0, 0.05) is 6.04 Å². The Morgan fingerprint density at radius 1 is 1.05 bits per heavy atom. The summed E-state index contributed by atoms with van der Waals surface area (Å²) < 4.78 is 0. The van der Waals surface area contributed by atoms with Gasteiger partial charge in [-0.15, -0.1) is 0 Å². The highest BCUT2D eigenvalue weighted by atomic mass is 16.3. The van der Waals surface area contributed by atoms with Gasteiger partial charge in [0.1, 0.15) is 0 Å². The fourth-order valence-electron chi connectivity index (χ4n) is 2.63. The predicted molar refractivity (Wildman–Crippen MR) is 88.5 cm³/mol. The Bertz CT molecular complexity index is 565. The molecule has 0 radical (unpaired) electrons. The van der Waals surface area contributed by atoms with Gasteiger partial charge in [0.15, 0.2) is 0 Å². The third kappa shape index (κ3) is 4.42. The van der Waals surface area contributed by atoms with E-state index >= 15 is 0 Å². The van der Waals surface area contributed by atoms with Crippen molar-refractivity contribution < 1.29 is 5.11 Å². The van der Waals surface area contributed by atoms with Crippen molar-refractivity contribution in [3.05, 3.63) is 70.8 Å². The van der Waals surface area contributed by atoms with Gasteiger partial charge in [0.2, 0.25) is 0 Å². The van der Waals surface area contributed by atoms with E-state index in [1.54, 1.807) is 0 Å². The molecule has 2 aromatic carbocycles. The Hall–Kier alpha value is -1.64. The van der Waals surface area contributed by atoms with Gasteiger partial charge in [-0.2, -0.15) is 0 Å². The third-order valence-electron chi connectivity index (χ3n) is 3.94. The van der Waals surface area contributed by atoms with Crippen molar-refractivity contribution in [2.75, 3.05) is 6.54 Å². The van der Waals surface area contributed by atoms with Gasteiger partial charge in [-0.1, -0.05) is 54.1 Å². The summed E-state index contributed by atoms with van der Waals surface area (Å²) in [7, 11) is 0. The maximum atomic E-state index is 10.5. The number of aliphatic hydroxyl groups is 1. The van der Waals surface area contributed by atoms with Crippen LogP contribution in [0.25, 0.3) is 0 Å². The molecule has 2 rings (SSSR count). The van der Waals surface area contributed by atoms with Crippen LogP contribution in [0.15, 0.2) is 48.5 Å². The molecule has 2 aromatic rings. The van der Waals surface area contributed by atoms with E-state index in [9.17, 15) is 5.11 Å². The number of aliphatic hydroxyl groups excluding tert-OH is 1. The third-order valence-corrected chi connectivity index (χ3v) is 3.94. The fourth-order valence-corrected chi connectivity index (χ4v) is 2.63. The Morgan fingerprint density at radius 2 is 1.76 bits per heavy atom. The number of benzene rings is 2. The number of hydrogen-bond donors (Lipinski definition) is 2. The summed E-state index contributed by atoms with van der Waals surface area (Å²) >= 11 is 0. The molecule has 2 unspecified atom stereocenters. The van der Waals surface area contributed by atoms with Gasteiger partial charge in [0.25, 0.3) is 0 Å². The molecule has 2 N–H and O–H groups in total. The topological polar surface area (TPSA) is 32.3 Å². The summed E-state index contributed by atoms with van der Waals surface area (Å²) in [5, 5.41) is 13.9. The maximum Gasteiger partial charge on any atom is 0.0942 e. The van der Waals surface area contributed by atoms with E-state index < -0.39 is 6.10 Å². The molecule has 0 aromatic heterocycles. The summed E-state index contributed by atoms with van der Waals surface area (Å²) in [6.07, 6.45) is 0.506. The lowest BCUT2D eigenvalue weighted by Crippen LogP contribution is -2.34. The second kappa shape index (κ2) is 7.39. The summed E-state index contributed by atoms with van der Waals surface area (Å²) in [6, 6.07) is 16.7. The number of nitrogens with one attached hydrogen (secondary N) is 1. The average molecular weight is 283 g/mol. The molecule has 0 amide bonds. The minimum atomic E-state index is -0.471. The summed E-state index contributed by atoms with van der Waals surface area (Å²) in [4.78, 5) is 0. The lowest BCUT2D eigenvalue weighted by molar-refractivity contribution is 0.136. The molecule has 2 heteroatoms. The van der Waals surface area contributed by atoms with Crippen LogP contribution in [-0.4, -0.2) is 17.7 Å². The predicted octanol–water partition coefficient (Wildman–Crippen LogP) is 3.56. The second-order valence-corrected chi connectivity index (χ2v) is 5.78. The zero-order chi connectivity index (χ0) is 15.2. The molecular weight excluding hydrogens is 258 g/mol. The van der Waals surface area contributed by atoms with Crippen molar-refractivity contribution in [1.82, 2.24) is 5.32 Å². The largest absolute Gasteiger partial charge is 0.387 e. The Balaban J connectivity index is 1.89. The lowest BCUT2D eigenvalue weighted by atomic mass is 9.97. The van der Waals surface area contributed by atoms with E-state index in [1.807, 2.05) is 19.1 Å². The zero-order valence-corrected chi connectivity index (χ0v) is 13.1. The van der Waals surface area contributed by atoms with Gasteiger partial charge < -0.3 is 10.4 Å². The Labute approximate surface area is 127 Å². The van der Waals surface area contributed by atoms with E-state index in [-0.39, 0.29) is 6.04 Å². The number of hydrogen-bond acceptors (Lipinski definition) is 2. The standard InChI is InChI=1S/C19H25NO/c1-14-9-10-18(15(2)13-14)19(21)16(3)20-12-11-17-7-5-4-6-8-17/h4-10,13,16,19-21H,11-12H2,1-3H3. The van der Waals surface area contributed by atoms with Crippen molar-refractivity contribution in [1.29, 1.82) is 0 Å². The Kier molecular flexibility index (Phi) is 5.54. The molecule has 0 saturated carbocycles. The van der Waals surface area contributed by atoms with Crippen LogP contribution >= 0.6 is 0 Å². The smallest absolute Gasteiger partial charge is 0.0942 e. The molecule has 0 bridgehead atoms. The highest BCUT2D eigenvalue weighted by molar-refractivity contribution is 5.32. The van der Waals surface area contributed by atoms with Crippen LogP contribution in [0.2, 0.25) is 0 Å².